The van der Waals surface area contributed by atoms with E-state index in [4.69, 9.17) is 4.98 Å². The number of benzene rings is 1. The minimum absolute atomic E-state index is 0.245. The van der Waals surface area contributed by atoms with Crippen molar-refractivity contribution in [1.82, 2.24) is 15.3 Å². The van der Waals surface area contributed by atoms with Gasteiger partial charge >= 0.3 is 0 Å². The standard InChI is InChI=1S/C16H16BrN3/c17-13-5-3-11(4-6-13)15-9-19-16(20-15)14-7-12(8-18-14)10-1-2-10/h3-7,9-10,14,18H,1-2,8H2,(H,19,20). The molecule has 2 aliphatic rings. The third kappa shape index (κ3) is 2.34. The van der Waals surface area contributed by atoms with Crippen molar-refractivity contribution in [3.8, 4) is 11.3 Å². The fourth-order valence-electron chi connectivity index (χ4n) is 2.73. The van der Waals surface area contributed by atoms with Crippen LogP contribution >= 0.6 is 15.9 Å². The SMILES string of the molecule is Brc1ccc(-c2c[nH]c(C3C=C(C4CC4)CN3)n2)cc1. The Morgan fingerprint density at radius 3 is 2.70 bits per heavy atom. The van der Waals surface area contributed by atoms with E-state index in [2.05, 4.69) is 44.4 Å². The molecule has 1 aliphatic carbocycles. The molecule has 4 heteroatoms. The van der Waals surface area contributed by atoms with Gasteiger partial charge in [-0.1, -0.05) is 39.7 Å². The lowest BCUT2D eigenvalue weighted by Crippen LogP contribution is -2.16. The molecule has 2 aromatic rings. The van der Waals surface area contributed by atoms with Crippen LogP contribution in [0.2, 0.25) is 0 Å². The van der Waals surface area contributed by atoms with Crippen LogP contribution in [0.15, 0.2) is 46.6 Å². The first kappa shape index (κ1) is 12.4. The molecule has 1 aromatic heterocycles. The maximum absolute atomic E-state index is 4.73. The molecule has 3 nitrogen and oxygen atoms in total. The summed E-state index contributed by atoms with van der Waals surface area (Å²) < 4.78 is 1.09. The highest BCUT2D eigenvalue weighted by Gasteiger charge is 2.30. The molecule has 102 valence electrons. The van der Waals surface area contributed by atoms with Crippen molar-refractivity contribution in [3.05, 3.63) is 52.4 Å². The summed E-state index contributed by atoms with van der Waals surface area (Å²) in [5.41, 5.74) is 3.71. The van der Waals surface area contributed by atoms with Gasteiger partial charge in [-0.15, -0.1) is 0 Å². The topological polar surface area (TPSA) is 40.7 Å². The number of nitrogens with zero attached hydrogens (tertiary/aromatic N) is 1. The number of H-pyrrole nitrogens is 1. The van der Waals surface area contributed by atoms with Crippen molar-refractivity contribution in [2.75, 3.05) is 6.54 Å². The number of aromatic nitrogens is 2. The minimum Gasteiger partial charge on any atom is -0.346 e. The molecule has 20 heavy (non-hydrogen) atoms. The third-order valence-corrected chi connectivity index (χ3v) is 4.57. The second-order valence-corrected chi connectivity index (χ2v) is 6.47. The molecule has 2 heterocycles. The molecule has 0 bridgehead atoms. The van der Waals surface area contributed by atoms with Gasteiger partial charge in [0.1, 0.15) is 5.82 Å². The summed E-state index contributed by atoms with van der Waals surface area (Å²) >= 11 is 3.46. The van der Waals surface area contributed by atoms with Crippen LogP contribution < -0.4 is 5.32 Å². The molecule has 4 rings (SSSR count). The van der Waals surface area contributed by atoms with Crippen molar-refractivity contribution in [2.45, 2.75) is 18.9 Å². The van der Waals surface area contributed by atoms with E-state index < -0.39 is 0 Å². The summed E-state index contributed by atoms with van der Waals surface area (Å²) in [6, 6.07) is 8.50. The number of nitrogens with one attached hydrogen (secondary N) is 2. The van der Waals surface area contributed by atoms with E-state index in [1.54, 1.807) is 5.57 Å². The summed E-state index contributed by atoms with van der Waals surface area (Å²) in [5.74, 6) is 1.85. The van der Waals surface area contributed by atoms with Gasteiger partial charge in [0.25, 0.3) is 0 Å². The summed E-state index contributed by atoms with van der Waals surface area (Å²) in [4.78, 5) is 8.04. The molecule has 0 radical (unpaired) electrons. The average molecular weight is 330 g/mol. The smallest absolute Gasteiger partial charge is 0.128 e. The van der Waals surface area contributed by atoms with Crippen LogP contribution in [0.1, 0.15) is 24.7 Å². The first-order chi connectivity index (χ1) is 9.79. The fourth-order valence-corrected chi connectivity index (χ4v) is 3.00. The summed E-state index contributed by atoms with van der Waals surface area (Å²) in [6.07, 6.45) is 7.07. The van der Waals surface area contributed by atoms with Crippen molar-refractivity contribution in [3.63, 3.8) is 0 Å². The molecule has 1 atom stereocenters. The average Bonchev–Trinajstić information content (AvgIpc) is 3.01. The van der Waals surface area contributed by atoms with E-state index in [0.717, 1.165) is 34.0 Å². The van der Waals surface area contributed by atoms with E-state index in [-0.39, 0.29) is 6.04 Å². The lowest BCUT2D eigenvalue weighted by Gasteiger charge is -2.03. The number of hydrogen-bond donors (Lipinski definition) is 2. The Kier molecular flexibility index (Phi) is 3.00. The van der Waals surface area contributed by atoms with Gasteiger partial charge in [0.05, 0.1) is 11.7 Å². The molecular formula is C16H16BrN3. The molecule has 0 amide bonds. The summed E-state index contributed by atoms with van der Waals surface area (Å²) in [5, 5.41) is 3.52. The minimum atomic E-state index is 0.245. The highest BCUT2D eigenvalue weighted by Crippen LogP contribution is 2.39. The molecule has 0 spiro atoms. The largest absolute Gasteiger partial charge is 0.346 e. The van der Waals surface area contributed by atoms with Gasteiger partial charge in [-0.3, -0.25) is 0 Å². The Labute approximate surface area is 126 Å². The second kappa shape index (κ2) is 4.86. The van der Waals surface area contributed by atoms with Gasteiger partial charge in [-0.05, 0) is 30.9 Å². The Morgan fingerprint density at radius 2 is 1.95 bits per heavy atom. The number of hydrogen-bond acceptors (Lipinski definition) is 2. The Bertz CT molecular complexity index is 653. The van der Waals surface area contributed by atoms with Gasteiger partial charge in [0.2, 0.25) is 0 Å². The highest BCUT2D eigenvalue weighted by atomic mass is 79.9. The van der Waals surface area contributed by atoms with Crippen LogP contribution in [0.5, 0.6) is 0 Å². The van der Waals surface area contributed by atoms with Crippen LogP contribution in [0.3, 0.4) is 0 Å². The Morgan fingerprint density at radius 1 is 1.15 bits per heavy atom. The van der Waals surface area contributed by atoms with Gasteiger partial charge in [0, 0.05) is 22.8 Å². The maximum Gasteiger partial charge on any atom is 0.128 e. The second-order valence-electron chi connectivity index (χ2n) is 5.55. The summed E-state index contributed by atoms with van der Waals surface area (Å²) in [6.45, 7) is 1.02. The Balaban J connectivity index is 1.57. The maximum atomic E-state index is 4.73. The van der Waals surface area contributed by atoms with Gasteiger partial charge < -0.3 is 10.3 Å². The number of imidazole rings is 1. The van der Waals surface area contributed by atoms with Crippen molar-refractivity contribution < 1.29 is 0 Å². The van der Waals surface area contributed by atoms with Crippen molar-refractivity contribution in [1.29, 1.82) is 0 Å². The molecule has 1 aromatic carbocycles. The van der Waals surface area contributed by atoms with E-state index in [1.807, 2.05) is 18.3 Å². The monoisotopic (exact) mass is 329 g/mol. The lowest BCUT2D eigenvalue weighted by molar-refractivity contribution is 0.669. The zero-order valence-corrected chi connectivity index (χ0v) is 12.7. The molecule has 1 unspecified atom stereocenters. The fraction of sp³-hybridized carbons (Fsp3) is 0.312. The molecule has 1 saturated carbocycles. The van der Waals surface area contributed by atoms with Gasteiger partial charge in [0.15, 0.2) is 0 Å². The van der Waals surface area contributed by atoms with E-state index in [0.29, 0.717) is 0 Å². The quantitative estimate of drug-likeness (QED) is 0.840. The van der Waals surface area contributed by atoms with Crippen LogP contribution in [0.4, 0.5) is 0 Å². The number of rotatable bonds is 3. The zero-order chi connectivity index (χ0) is 13.5. The molecule has 1 fully saturated rings. The first-order valence-corrected chi connectivity index (χ1v) is 7.84. The summed E-state index contributed by atoms with van der Waals surface area (Å²) in [7, 11) is 0. The highest BCUT2D eigenvalue weighted by molar-refractivity contribution is 9.10. The van der Waals surface area contributed by atoms with E-state index >= 15 is 0 Å². The number of aromatic amines is 1. The van der Waals surface area contributed by atoms with Crippen molar-refractivity contribution in [2.24, 2.45) is 5.92 Å². The lowest BCUT2D eigenvalue weighted by atomic mass is 10.1. The van der Waals surface area contributed by atoms with Crippen LogP contribution in [-0.2, 0) is 0 Å². The molecule has 2 N–H and O–H groups in total. The predicted molar refractivity (Wildman–Crippen MR) is 83.3 cm³/mol. The third-order valence-electron chi connectivity index (χ3n) is 4.04. The van der Waals surface area contributed by atoms with Crippen LogP contribution in [0.25, 0.3) is 11.3 Å². The van der Waals surface area contributed by atoms with Crippen LogP contribution in [0, 0.1) is 5.92 Å². The van der Waals surface area contributed by atoms with E-state index in [1.165, 1.54) is 12.8 Å². The normalized spacial score (nSPS) is 22.1. The first-order valence-electron chi connectivity index (χ1n) is 7.05. The van der Waals surface area contributed by atoms with Gasteiger partial charge in [-0.25, -0.2) is 4.98 Å². The van der Waals surface area contributed by atoms with E-state index in [9.17, 15) is 0 Å². The van der Waals surface area contributed by atoms with Crippen molar-refractivity contribution >= 4 is 15.9 Å². The van der Waals surface area contributed by atoms with Crippen LogP contribution in [-0.4, -0.2) is 16.5 Å². The molecule has 1 aliphatic heterocycles. The predicted octanol–water partition coefficient (Wildman–Crippen LogP) is 3.82. The Hall–Kier alpha value is -1.39. The molecule has 0 saturated heterocycles. The number of halogens is 1. The van der Waals surface area contributed by atoms with Gasteiger partial charge in [-0.2, -0.15) is 0 Å². The molecular weight excluding hydrogens is 314 g/mol. The zero-order valence-electron chi connectivity index (χ0n) is 11.1.